The van der Waals surface area contributed by atoms with Crippen LogP contribution in [0.25, 0.3) is 11.0 Å². The van der Waals surface area contributed by atoms with E-state index in [0.717, 1.165) is 12.3 Å². The summed E-state index contributed by atoms with van der Waals surface area (Å²) in [7, 11) is 0. The Kier molecular flexibility index (Phi) is 4.53. The number of H-pyrrole nitrogens is 1. The van der Waals surface area contributed by atoms with E-state index in [1.54, 1.807) is 0 Å². The van der Waals surface area contributed by atoms with Crippen LogP contribution in [0.2, 0.25) is 0 Å². The molecule has 2 heterocycles. The van der Waals surface area contributed by atoms with Gasteiger partial charge in [0.05, 0.1) is 16.6 Å². The summed E-state index contributed by atoms with van der Waals surface area (Å²) in [5, 5.41) is 13.5. The number of nitrogens with one attached hydrogen (secondary N) is 4. The van der Waals surface area contributed by atoms with Crippen LogP contribution in [0.1, 0.15) is 29.8 Å². The predicted octanol–water partition coefficient (Wildman–Crippen LogP) is 2.56. The Morgan fingerprint density at radius 2 is 2.15 bits per heavy atom. The molecule has 1 aromatic carbocycles. The van der Waals surface area contributed by atoms with Gasteiger partial charge in [-0.1, -0.05) is 0 Å². The van der Waals surface area contributed by atoms with E-state index in [2.05, 4.69) is 25.6 Å². The van der Waals surface area contributed by atoms with Crippen molar-refractivity contribution in [2.24, 2.45) is 0 Å². The number of benzene rings is 1. The number of carbonyl (C=O) groups is 1. The lowest BCUT2D eigenvalue weighted by Crippen LogP contribution is -2.30. The van der Waals surface area contributed by atoms with Crippen molar-refractivity contribution >= 4 is 40.3 Å². The molecular formula is C17H18FN7O. The predicted molar refractivity (Wildman–Crippen MR) is 98.5 cm³/mol. The number of nitrogen functional groups attached to an aromatic ring is 1. The summed E-state index contributed by atoms with van der Waals surface area (Å²) in [6.07, 6.45) is 3.87. The second kappa shape index (κ2) is 6.79. The molecule has 0 unspecified atom stereocenters. The molecule has 0 spiro atoms. The summed E-state index contributed by atoms with van der Waals surface area (Å²) in [4.78, 5) is 23.6. The van der Waals surface area contributed by atoms with Crippen molar-refractivity contribution in [1.82, 2.24) is 20.3 Å². The van der Waals surface area contributed by atoms with E-state index in [1.165, 1.54) is 18.6 Å². The van der Waals surface area contributed by atoms with E-state index in [1.807, 2.05) is 13.8 Å². The monoisotopic (exact) mass is 355 g/mol. The highest BCUT2D eigenvalue weighted by atomic mass is 19.1. The van der Waals surface area contributed by atoms with Crippen LogP contribution in [-0.4, -0.2) is 33.1 Å². The molecule has 0 aliphatic heterocycles. The standard InChI is InChI=1S/C17H18FN7O/c1-8(2)24-17(26)10-6-21-15-14(10)16(23-7-22-15)25-13-3-9(5-19)12(20)4-11(13)18/h3-8,19H,20H2,1-2H3,(H,24,26)(H2,21,22,23,25). The third-order valence-electron chi connectivity index (χ3n) is 3.72. The molecule has 2 aromatic heterocycles. The number of amides is 1. The zero-order chi connectivity index (χ0) is 18.8. The second-order valence-corrected chi connectivity index (χ2v) is 6.01. The van der Waals surface area contributed by atoms with Gasteiger partial charge in [-0.3, -0.25) is 4.79 Å². The van der Waals surface area contributed by atoms with Crippen molar-refractivity contribution in [3.63, 3.8) is 0 Å². The number of aromatic nitrogens is 3. The van der Waals surface area contributed by atoms with E-state index in [0.29, 0.717) is 22.2 Å². The molecule has 8 nitrogen and oxygen atoms in total. The normalized spacial score (nSPS) is 10.9. The van der Waals surface area contributed by atoms with Crippen LogP contribution in [-0.2, 0) is 0 Å². The molecule has 134 valence electrons. The van der Waals surface area contributed by atoms with E-state index in [4.69, 9.17) is 11.1 Å². The van der Waals surface area contributed by atoms with Gasteiger partial charge in [-0.15, -0.1) is 0 Å². The molecule has 9 heteroatoms. The Hall–Kier alpha value is -3.49. The number of aromatic amines is 1. The Morgan fingerprint density at radius 3 is 2.85 bits per heavy atom. The van der Waals surface area contributed by atoms with Gasteiger partial charge in [0.25, 0.3) is 5.91 Å². The fourth-order valence-corrected chi connectivity index (χ4v) is 2.53. The van der Waals surface area contributed by atoms with Gasteiger partial charge in [0, 0.05) is 29.7 Å². The summed E-state index contributed by atoms with van der Waals surface area (Å²) in [6, 6.07) is 2.50. The number of nitrogens with two attached hydrogens (primary N) is 1. The molecule has 0 radical (unpaired) electrons. The Morgan fingerprint density at radius 1 is 1.38 bits per heavy atom. The van der Waals surface area contributed by atoms with E-state index in [-0.39, 0.29) is 29.1 Å². The lowest BCUT2D eigenvalue weighted by molar-refractivity contribution is 0.0945. The van der Waals surface area contributed by atoms with Crippen molar-refractivity contribution in [3.8, 4) is 0 Å². The zero-order valence-corrected chi connectivity index (χ0v) is 14.2. The molecule has 0 aliphatic carbocycles. The van der Waals surface area contributed by atoms with Gasteiger partial charge in [0.15, 0.2) is 0 Å². The van der Waals surface area contributed by atoms with Crippen molar-refractivity contribution in [1.29, 1.82) is 5.41 Å². The molecule has 6 N–H and O–H groups in total. The first-order valence-electron chi connectivity index (χ1n) is 7.90. The van der Waals surface area contributed by atoms with Gasteiger partial charge >= 0.3 is 0 Å². The van der Waals surface area contributed by atoms with Gasteiger partial charge in [-0.05, 0) is 26.0 Å². The molecule has 0 aliphatic rings. The minimum absolute atomic E-state index is 0.0433. The van der Waals surface area contributed by atoms with Crippen molar-refractivity contribution in [3.05, 3.63) is 41.6 Å². The average Bonchev–Trinajstić information content (AvgIpc) is 3.02. The van der Waals surface area contributed by atoms with Crippen molar-refractivity contribution in [2.45, 2.75) is 19.9 Å². The van der Waals surface area contributed by atoms with Crippen LogP contribution in [0.4, 0.5) is 21.6 Å². The molecule has 3 aromatic rings. The first-order chi connectivity index (χ1) is 12.4. The molecule has 0 saturated heterocycles. The molecule has 0 saturated carbocycles. The highest BCUT2D eigenvalue weighted by Crippen LogP contribution is 2.29. The van der Waals surface area contributed by atoms with Gasteiger partial charge in [0.2, 0.25) is 0 Å². The lowest BCUT2D eigenvalue weighted by Gasteiger charge is -2.12. The summed E-state index contributed by atoms with van der Waals surface area (Å²) < 4.78 is 14.3. The Labute approximate surface area is 148 Å². The molecule has 26 heavy (non-hydrogen) atoms. The third kappa shape index (κ3) is 3.18. The molecule has 1 amide bonds. The maximum absolute atomic E-state index is 14.3. The molecule has 3 rings (SSSR count). The number of carbonyl (C=O) groups excluding carboxylic acids is 1. The van der Waals surface area contributed by atoms with Gasteiger partial charge in [0.1, 0.15) is 23.6 Å². The Bertz CT molecular complexity index is 996. The number of hydrogen-bond acceptors (Lipinski definition) is 6. The average molecular weight is 355 g/mol. The van der Waals surface area contributed by atoms with Crippen LogP contribution in [0.5, 0.6) is 0 Å². The fourth-order valence-electron chi connectivity index (χ4n) is 2.53. The van der Waals surface area contributed by atoms with Gasteiger partial charge in [-0.2, -0.15) is 0 Å². The summed E-state index contributed by atoms with van der Waals surface area (Å²) >= 11 is 0. The highest BCUT2D eigenvalue weighted by Gasteiger charge is 2.18. The zero-order valence-electron chi connectivity index (χ0n) is 14.2. The van der Waals surface area contributed by atoms with E-state index >= 15 is 0 Å². The van der Waals surface area contributed by atoms with E-state index in [9.17, 15) is 9.18 Å². The number of rotatable bonds is 5. The van der Waals surface area contributed by atoms with Crippen LogP contribution < -0.4 is 16.4 Å². The minimum atomic E-state index is -0.594. The lowest BCUT2D eigenvalue weighted by atomic mass is 10.1. The summed E-state index contributed by atoms with van der Waals surface area (Å²) in [5.41, 5.74) is 7.09. The fraction of sp³-hybridized carbons (Fsp3) is 0.176. The van der Waals surface area contributed by atoms with Crippen molar-refractivity contribution in [2.75, 3.05) is 11.1 Å². The molecule has 0 bridgehead atoms. The van der Waals surface area contributed by atoms with Gasteiger partial charge in [-0.25, -0.2) is 14.4 Å². The summed E-state index contributed by atoms with van der Waals surface area (Å²) in [5.74, 6) is -0.615. The number of nitrogens with zero attached hydrogens (tertiary/aromatic N) is 2. The topological polar surface area (TPSA) is 133 Å². The van der Waals surface area contributed by atoms with Crippen molar-refractivity contribution < 1.29 is 9.18 Å². The van der Waals surface area contributed by atoms with Crippen LogP contribution in [0, 0.1) is 11.2 Å². The highest BCUT2D eigenvalue weighted by molar-refractivity contribution is 6.10. The number of hydrogen-bond donors (Lipinski definition) is 5. The third-order valence-corrected chi connectivity index (χ3v) is 3.72. The maximum atomic E-state index is 14.3. The van der Waals surface area contributed by atoms with Crippen LogP contribution in [0.15, 0.2) is 24.7 Å². The number of anilines is 3. The molecular weight excluding hydrogens is 337 g/mol. The van der Waals surface area contributed by atoms with Gasteiger partial charge < -0.3 is 26.8 Å². The molecule has 0 fully saturated rings. The first-order valence-corrected chi connectivity index (χ1v) is 7.90. The second-order valence-electron chi connectivity index (χ2n) is 6.01. The number of halogens is 1. The van der Waals surface area contributed by atoms with E-state index < -0.39 is 5.82 Å². The van der Waals surface area contributed by atoms with Crippen LogP contribution >= 0.6 is 0 Å². The summed E-state index contributed by atoms with van der Waals surface area (Å²) in [6.45, 7) is 3.70. The maximum Gasteiger partial charge on any atom is 0.253 e. The SMILES string of the molecule is CC(C)NC(=O)c1c[nH]c2ncnc(Nc3cc(C=N)c(N)cc3F)c12. The smallest absolute Gasteiger partial charge is 0.253 e. The first kappa shape index (κ1) is 17.3. The molecule has 0 atom stereocenters. The minimum Gasteiger partial charge on any atom is -0.398 e. The largest absolute Gasteiger partial charge is 0.398 e. The van der Waals surface area contributed by atoms with Crippen LogP contribution in [0.3, 0.4) is 0 Å². The quantitative estimate of drug-likeness (QED) is 0.354. The Balaban J connectivity index is 2.07. The number of fused-ring (bicyclic) bond motifs is 1.